The van der Waals surface area contributed by atoms with Crippen LogP contribution in [-0.2, 0) is 6.42 Å². The van der Waals surface area contributed by atoms with E-state index in [1.807, 2.05) is 36.2 Å². The number of benzene rings is 1. The molecule has 5 nitrogen and oxygen atoms in total. The highest BCUT2D eigenvalue weighted by atomic mass is 16.3. The van der Waals surface area contributed by atoms with E-state index >= 15 is 0 Å². The van der Waals surface area contributed by atoms with Gasteiger partial charge in [-0.15, -0.1) is 0 Å². The molecule has 1 heterocycles. The van der Waals surface area contributed by atoms with Gasteiger partial charge in [-0.1, -0.05) is 12.1 Å². The van der Waals surface area contributed by atoms with Crippen molar-refractivity contribution < 1.29 is 15.0 Å². The van der Waals surface area contributed by atoms with Crippen molar-refractivity contribution in [2.24, 2.45) is 0 Å². The maximum Gasteiger partial charge on any atom is 0.253 e. The van der Waals surface area contributed by atoms with Gasteiger partial charge in [-0.3, -0.25) is 9.69 Å². The SMILES string of the molecule is CN1CCN(C(=O)c2cccc(CCC(C)(C)O)c2)C[C@@H]1CO. The first-order chi connectivity index (χ1) is 10.8. The van der Waals surface area contributed by atoms with Gasteiger partial charge in [0.2, 0.25) is 0 Å². The molecule has 1 aliphatic rings. The molecule has 0 bridgehead atoms. The van der Waals surface area contributed by atoms with E-state index in [1.54, 1.807) is 13.8 Å². The molecule has 1 aromatic rings. The zero-order chi connectivity index (χ0) is 17.0. The van der Waals surface area contributed by atoms with Crippen LogP contribution in [0.25, 0.3) is 0 Å². The highest BCUT2D eigenvalue weighted by Crippen LogP contribution is 2.17. The van der Waals surface area contributed by atoms with Crippen molar-refractivity contribution >= 4 is 5.91 Å². The van der Waals surface area contributed by atoms with Gasteiger partial charge in [0.15, 0.2) is 0 Å². The second kappa shape index (κ2) is 7.43. The summed E-state index contributed by atoms with van der Waals surface area (Å²) in [4.78, 5) is 16.6. The first-order valence-corrected chi connectivity index (χ1v) is 8.22. The molecule has 0 aromatic heterocycles. The van der Waals surface area contributed by atoms with Crippen molar-refractivity contribution in [3.63, 3.8) is 0 Å². The molecule has 1 saturated heterocycles. The Kier molecular flexibility index (Phi) is 5.79. The lowest BCUT2D eigenvalue weighted by atomic mass is 9.97. The fourth-order valence-electron chi connectivity index (χ4n) is 2.82. The Labute approximate surface area is 138 Å². The van der Waals surface area contributed by atoms with Gasteiger partial charge in [0.05, 0.1) is 18.2 Å². The topological polar surface area (TPSA) is 64.0 Å². The van der Waals surface area contributed by atoms with E-state index in [0.29, 0.717) is 25.1 Å². The average Bonchev–Trinajstić information content (AvgIpc) is 2.52. The Morgan fingerprint density at radius 3 is 2.74 bits per heavy atom. The maximum absolute atomic E-state index is 12.7. The molecule has 2 rings (SSSR count). The van der Waals surface area contributed by atoms with Crippen LogP contribution < -0.4 is 0 Å². The number of aryl methyl sites for hydroxylation is 1. The Hall–Kier alpha value is -1.43. The van der Waals surface area contributed by atoms with Crippen LogP contribution in [-0.4, -0.2) is 70.9 Å². The van der Waals surface area contributed by atoms with Crippen LogP contribution in [0.5, 0.6) is 0 Å². The molecule has 1 atom stereocenters. The molecule has 0 unspecified atom stereocenters. The number of nitrogens with zero attached hydrogens (tertiary/aromatic N) is 2. The van der Waals surface area contributed by atoms with Gasteiger partial charge in [0.1, 0.15) is 0 Å². The summed E-state index contributed by atoms with van der Waals surface area (Å²) in [6, 6.07) is 7.64. The molecule has 0 spiro atoms. The summed E-state index contributed by atoms with van der Waals surface area (Å²) >= 11 is 0. The van der Waals surface area contributed by atoms with Crippen LogP contribution in [0.1, 0.15) is 36.2 Å². The third-order valence-corrected chi connectivity index (χ3v) is 4.47. The predicted octanol–water partition coefficient (Wildman–Crippen LogP) is 1.14. The van der Waals surface area contributed by atoms with Gasteiger partial charge in [0.25, 0.3) is 5.91 Å². The van der Waals surface area contributed by atoms with Crippen LogP contribution in [0.15, 0.2) is 24.3 Å². The quantitative estimate of drug-likeness (QED) is 0.854. The van der Waals surface area contributed by atoms with E-state index in [2.05, 4.69) is 4.90 Å². The number of amides is 1. The first-order valence-electron chi connectivity index (χ1n) is 8.22. The molecule has 1 fully saturated rings. The normalized spacial score (nSPS) is 19.9. The van der Waals surface area contributed by atoms with E-state index in [4.69, 9.17) is 0 Å². The van der Waals surface area contributed by atoms with E-state index in [0.717, 1.165) is 18.5 Å². The minimum absolute atomic E-state index is 0.00562. The number of rotatable bonds is 5. The third kappa shape index (κ3) is 5.03. The second-order valence-electron chi connectivity index (χ2n) is 7.08. The van der Waals surface area contributed by atoms with Gasteiger partial charge >= 0.3 is 0 Å². The number of piperazine rings is 1. The molecule has 1 amide bonds. The highest BCUT2D eigenvalue weighted by molar-refractivity contribution is 5.94. The van der Waals surface area contributed by atoms with E-state index in [1.165, 1.54) is 0 Å². The summed E-state index contributed by atoms with van der Waals surface area (Å²) in [5.41, 5.74) is 1.04. The lowest BCUT2D eigenvalue weighted by Crippen LogP contribution is -2.54. The Morgan fingerprint density at radius 1 is 1.35 bits per heavy atom. The molecule has 128 valence electrons. The molecule has 1 aromatic carbocycles. The Morgan fingerprint density at radius 2 is 2.09 bits per heavy atom. The standard InChI is InChI=1S/C18H28N2O3/c1-18(2,23)8-7-14-5-4-6-15(11-14)17(22)20-10-9-19(3)16(12-20)13-21/h4-6,11,16,21,23H,7-10,12-13H2,1-3H3/t16-/m1/s1. The summed E-state index contributed by atoms with van der Waals surface area (Å²) in [5.74, 6) is 0.0154. The van der Waals surface area contributed by atoms with Crippen molar-refractivity contribution in [1.82, 2.24) is 9.80 Å². The van der Waals surface area contributed by atoms with Gasteiger partial charge in [-0.05, 0) is 51.4 Å². The molecule has 1 aliphatic heterocycles. The van der Waals surface area contributed by atoms with Gasteiger partial charge in [-0.25, -0.2) is 0 Å². The molecule has 0 radical (unpaired) electrons. The fraction of sp³-hybridized carbons (Fsp3) is 0.611. The van der Waals surface area contributed by atoms with Crippen molar-refractivity contribution in [3.8, 4) is 0 Å². The van der Waals surface area contributed by atoms with Gasteiger partial charge in [-0.2, -0.15) is 0 Å². The molecule has 23 heavy (non-hydrogen) atoms. The molecule has 2 N–H and O–H groups in total. The van der Waals surface area contributed by atoms with Crippen LogP contribution in [0.2, 0.25) is 0 Å². The predicted molar refractivity (Wildman–Crippen MR) is 90.5 cm³/mol. The van der Waals surface area contributed by atoms with Crippen molar-refractivity contribution in [3.05, 3.63) is 35.4 Å². The summed E-state index contributed by atoms with van der Waals surface area (Å²) in [5, 5.41) is 19.3. The summed E-state index contributed by atoms with van der Waals surface area (Å²) in [6.45, 7) is 5.66. The monoisotopic (exact) mass is 320 g/mol. The largest absolute Gasteiger partial charge is 0.395 e. The van der Waals surface area contributed by atoms with Crippen molar-refractivity contribution in [2.75, 3.05) is 33.3 Å². The summed E-state index contributed by atoms with van der Waals surface area (Å²) in [7, 11) is 1.97. The molecule has 0 aliphatic carbocycles. The minimum atomic E-state index is -0.703. The van der Waals surface area contributed by atoms with Crippen molar-refractivity contribution in [1.29, 1.82) is 0 Å². The Bertz CT molecular complexity index is 539. The number of hydrogen-bond donors (Lipinski definition) is 2. The van der Waals surface area contributed by atoms with E-state index in [-0.39, 0.29) is 18.6 Å². The molecular formula is C18H28N2O3. The number of aliphatic hydroxyl groups excluding tert-OH is 1. The summed E-state index contributed by atoms with van der Waals surface area (Å²) < 4.78 is 0. The number of carbonyl (C=O) groups excluding carboxylic acids is 1. The molecule has 5 heteroatoms. The summed E-state index contributed by atoms with van der Waals surface area (Å²) in [6.07, 6.45) is 1.40. The number of aliphatic hydroxyl groups is 2. The third-order valence-electron chi connectivity index (χ3n) is 4.47. The smallest absolute Gasteiger partial charge is 0.253 e. The first kappa shape index (κ1) is 17.9. The van der Waals surface area contributed by atoms with Crippen molar-refractivity contribution in [2.45, 2.75) is 38.3 Å². The fourth-order valence-corrected chi connectivity index (χ4v) is 2.82. The lowest BCUT2D eigenvalue weighted by molar-refractivity contribution is 0.0421. The average molecular weight is 320 g/mol. The molecular weight excluding hydrogens is 292 g/mol. The van der Waals surface area contributed by atoms with Gasteiger partial charge < -0.3 is 15.1 Å². The zero-order valence-corrected chi connectivity index (χ0v) is 14.3. The maximum atomic E-state index is 12.7. The highest BCUT2D eigenvalue weighted by Gasteiger charge is 2.27. The van der Waals surface area contributed by atoms with Crippen LogP contribution >= 0.6 is 0 Å². The molecule has 0 saturated carbocycles. The van der Waals surface area contributed by atoms with E-state index < -0.39 is 5.60 Å². The van der Waals surface area contributed by atoms with Gasteiger partial charge in [0, 0.05) is 25.2 Å². The number of likely N-dealkylation sites (N-methyl/N-ethyl adjacent to an activating group) is 1. The number of hydrogen-bond acceptors (Lipinski definition) is 4. The Balaban J connectivity index is 2.05. The van der Waals surface area contributed by atoms with E-state index in [9.17, 15) is 15.0 Å². The number of carbonyl (C=O) groups is 1. The van der Waals surface area contributed by atoms with Crippen LogP contribution in [0, 0.1) is 0 Å². The zero-order valence-electron chi connectivity index (χ0n) is 14.3. The van der Waals surface area contributed by atoms with Crippen LogP contribution in [0.3, 0.4) is 0 Å². The second-order valence-corrected chi connectivity index (χ2v) is 7.08. The van der Waals surface area contributed by atoms with Crippen LogP contribution in [0.4, 0.5) is 0 Å². The minimum Gasteiger partial charge on any atom is -0.395 e. The lowest BCUT2D eigenvalue weighted by Gasteiger charge is -2.38.